The number of benzene rings is 2. The molecular weight excluding hydrogens is 336 g/mol. The third-order valence-electron chi connectivity index (χ3n) is 4.62. The molecule has 4 heteroatoms. The lowest BCUT2D eigenvalue weighted by molar-refractivity contribution is -0.113. The van der Waals surface area contributed by atoms with Gasteiger partial charge in [0.15, 0.2) is 0 Å². The summed E-state index contributed by atoms with van der Waals surface area (Å²) < 4.78 is 11.4. The largest absolute Gasteiger partial charge is 0.494 e. The van der Waals surface area contributed by atoms with E-state index >= 15 is 0 Å². The Morgan fingerprint density at radius 3 is 2.64 bits per heavy atom. The number of ether oxygens (including phenoxy) is 2. The van der Waals surface area contributed by atoms with Crippen LogP contribution < -0.4 is 4.74 Å². The maximum absolute atomic E-state index is 10.3. The SMILES string of the molecule is CCOc1ccc(Cc2cc([C@@H]3O[C@H](C)CC[C@H]3O)ccc2Cl)cc1. The van der Waals surface area contributed by atoms with Crippen LogP contribution in [-0.2, 0) is 11.2 Å². The van der Waals surface area contributed by atoms with Crippen molar-refractivity contribution < 1.29 is 14.6 Å². The summed E-state index contributed by atoms with van der Waals surface area (Å²) >= 11 is 6.40. The Morgan fingerprint density at radius 2 is 1.92 bits per heavy atom. The van der Waals surface area contributed by atoms with Crippen LogP contribution in [0.3, 0.4) is 0 Å². The minimum Gasteiger partial charge on any atom is -0.494 e. The van der Waals surface area contributed by atoms with Crippen molar-refractivity contribution in [2.24, 2.45) is 0 Å². The first-order valence-corrected chi connectivity index (χ1v) is 9.28. The molecule has 1 aliphatic heterocycles. The standard InChI is InChI=1S/C21H25ClO3/c1-3-24-18-8-5-15(6-9-18)12-17-13-16(7-10-19(17)22)21-20(23)11-4-14(2)25-21/h5-10,13-14,20-21,23H,3-4,11-12H2,1-2H3/t14-,20-,21+/m1/s1. The van der Waals surface area contributed by atoms with Gasteiger partial charge >= 0.3 is 0 Å². The summed E-state index contributed by atoms with van der Waals surface area (Å²) in [6, 6.07) is 14.0. The van der Waals surface area contributed by atoms with Gasteiger partial charge in [0.05, 0.1) is 18.8 Å². The van der Waals surface area contributed by atoms with Gasteiger partial charge in [0.2, 0.25) is 0 Å². The van der Waals surface area contributed by atoms with E-state index in [0.29, 0.717) is 6.61 Å². The van der Waals surface area contributed by atoms with Gasteiger partial charge in [0.25, 0.3) is 0 Å². The van der Waals surface area contributed by atoms with Gasteiger partial charge in [-0.3, -0.25) is 0 Å². The molecule has 3 nitrogen and oxygen atoms in total. The molecule has 1 N–H and O–H groups in total. The minimum absolute atomic E-state index is 0.165. The van der Waals surface area contributed by atoms with Gasteiger partial charge in [0, 0.05) is 5.02 Å². The molecule has 0 unspecified atom stereocenters. The Kier molecular flexibility index (Phi) is 6.00. The van der Waals surface area contributed by atoms with Crippen LogP contribution >= 0.6 is 11.6 Å². The lowest BCUT2D eigenvalue weighted by Crippen LogP contribution is -2.31. The zero-order valence-corrected chi connectivity index (χ0v) is 15.5. The van der Waals surface area contributed by atoms with Crippen LogP contribution in [0.5, 0.6) is 5.75 Å². The normalized spacial score (nSPS) is 23.4. The third kappa shape index (κ3) is 4.55. The van der Waals surface area contributed by atoms with Crippen LogP contribution in [0.2, 0.25) is 5.02 Å². The van der Waals surface area contributed by atoms with E-state index in [4.69, 9.17) is 21.1 Å². The van der Waals surface area contributed by atoms with Crippen LogP contribution in [0, 0.1) is 0 Å². The summed E-state index contributed by atoms with van der Waals surface area (Å²) in [7, 11) is 0. The highest BCUT2D eigenvalue weighted by atomic mass is 35.5. The molecule has 0 bridgehead atoms. The summed E-state index contributed by atoms with van der Waals surface area (Å²) in [5.41, 5.74) is 3.20. The Hall–Kier alpha value is -1.55. The average Bonchev–Trinajstić information content (AvgIpc) is 2.61. The highest BCUT2D eigenvalue weighted by Crippen LogP contribution is 2.33. The Bertz CT molecular complexity index is 699. The third-order valence-corrected chi connectivity index (χ3v) is 4.99. The highest BCUT2D eigenvalue weighted by Gasteiger charge is 2.29. The second-order valence-electron chi connectivity index (χ2n) is 6.62. The molecule has 0 amide bonds. The summed E-state index contributed by atoms with van der Waals surface area (Å²) in [5.74, 6) is 0.874. The van der Waals surface area contributed by atoms with Crippen molar-refractivity contribution >= 4 is 11.6 Å². The number of hydrogen-bond acceptors (Lipinski definition) is 3. The lowest BCUT2D eigenvalue weighted by Gasteiger charge is -2.32. The van der Waals surface area contributed by atoms with Gasteiger partial charge < -0.3 is 14.6 Å². The smallest absolute Gasteiger partial charge is 0.119 e. The Labute approximate surface area is 154 Å². The predicted octanol–water partition coefficient (Wildman–Crippen LogP) is 4.93. The summed E-state index contributed by atoms with van der Waals surface area (Å²) in [5, 5.41) is 11.0. The number of halogens is 1. The van der Waals surface area contributed by atoms with E-state index < -0.39 is 6.10 Å². The van der Waals surface area contributed by atoms with E-state index in [1.54, 1.807) is 0 Å². The van der Waals surface area contributed by atoms with Gasteiger partial charge in [-0.2, -0.15) is 0 Å². The molecule has 3 atom stereocenters. The Morgan fingerprint density at radius 1 is 1.16 bits per heavy atom. The van der Waals surface area contributed by atoms with Crippen LogP contribution in [0.15, 0.2) is 42.5 Å². The van der Waals surface area contributed by atoms with Gasteiger partial charge in [0.1, 0.15) is 11.9 Å². The summed E-state index contributed by atoms with van der Waals surface area (Å²) in [4.78, 5) is 0. The fourth-order valence-electron chi connectivity index (χ4n) is 3.26. The topological polar surface area (TPSA) is 38.7 Å². The van der Waals surface area contributed by atoms with Crippen molar-refractivity contribution in [1.29, 1.82) is 0 Å². The number of rotatable bonds is 5. The zero-order chi connectivity index (χ0) is 17.8. The quantitative estimate of drug-likeness (QED) is 0.821. The maximum atomic E-state index is 10.3. The average molecular weight is 361 g/mol. The van der Waals surface area contributed by atoms with Gasteiger partial charge in [-0.05, 0) is 68.0 Å². The van der Waals surface area contributed by atoms with E-state index in [0.717, 1.165) is 41.2 Å². The molecule has 0 saturated carbocycles. The molecule has 1 fully saturated rings. The molecule has 1 saturated heterocycles. The van der Waals surface area contributed by atoms with E-state index in [-0.39, 0.29) is 12.2 Å². The molecule has 3 rings (SSSR count). The van der Waals surface area contributed by atoms with Gasteiger partial charge in [-0.25, -0.2) is 0 Å². The molecule has 0 radical (unpaired) electrons. The monoisotopic (exact) mass is 360 g/mol. The molecule has 0 spiro atoms. The first-order valence-electron chi connectivity index (χ1n) is 8.90. The molecule has 25 heavy (non-hydrogen) atoms. The van der Waals surface area contributed by atoms with Crippen molar-refractivity contribution in [3.63, 3.8) is 0 Å². The number of hydrogen-bond donors (Lipinski definition) is 1. The van der Waals surface area contributed by atoms with Crippen molar-refractivity contribution in [1.82, 2.24) is 0 Å². The number of aliphatic hydroxyl groups excluding tert-OH is 1. The fourth-order valence-corrected chi connectivity index (χ4v) is 3.45. The summed E-state index contributed by atoms with van der Waals surface area (Å²) in [6.07, 6.45) is 1.82. The summed E-state index contributed by atoms with van der Waals surface area (Å²) in [6.45, 7) is 4.69. The van der Waals surface area contributed by atoms with Crippen molar-refractivity contribution in [2.45, 2.75) is 51.4 Å². The van der Waals surface area contributed by atoms with Crippen LogP contribution in [0.4, 0.5) is 0 Å². The Balaban J connectivity index is 1.79. The van der Waals surface area contributed by atoms with Crippen LogP contribution in [0.25, 0.3) is 0 Å². The van der Waals surface area contributed by atoms with E-state index in [9.17, 15) is 5.11 Å². The first-order chi connectivity index (χ1) is 12.1. The highest BCUT2D eigenvalue weighted by molar-refractivity contribution is 6.31. The van der Waals surface area contributed by atoms with E-state index in [2.05, 4.69) is 25.1 Å². The van der Waals surface area contributed by atoms with Crippen LogP contribution in [-0.4, -0.2) is 23.9 Å². The molecule has 0 aromatic heterocycles. The van der Waals surface area contributed by atoms with Crippen molar-refractivity contribution in [2.75, 3.05) is 6.61 Å². The molecule has 1 aliphatic rings. The predicted molar refractivity (Wildman–Crippen MR) is 100 cm³/mol. The minimum atomic E-state index is -0.462. The molecule has 2 aromatic rings. The molecule has 134 valence electrons. The van der Waals surface area contributed by atoms with Crippen molar-refractivity contribution in [3.8, 4) is 5.75 Å². The molecule has 2 aromatic carbocycles. The van der Waals surface area contributed by atoms with Crippen LogP contribution in [0.1, 0.15) is 49.5 Å². The maximum Gasteiger partial charge on any atom is 0.119 e. The molecule has 0 aliphatic carbocycles. The van der Waals surface area contributed by atoms with Gasteiger partial charge in [-0.1, -0.05) is 35.9 Å². The second-order valence-corrected chi connectivity index (χ2v) is 7.02. The van der Waals surface area contributed by atoms with E-state index in [1.807, 2.05) is 31.2 Å². The van der Waals surface area contributed by atoms with E-state index in [1.165, 1.54) is 5.56 Å². The second kappa shape index (κ2) is 8.22. The molecule has 1 heterocycles. The zero-order valence-electron chi connectivity index (χ0n) is 14.7. The fraction of sp³-hybridized carbons (Fsp3) is 0.429. The lowest BCUT2D eigenvalue weighted by atomic mass is 9.93. The molecular formula is C21H25ClO3. The van der Waals surface area contributed by atoms with Gasteiger partial charge in [-0.15, -0.1) is 0 Å². The van der Waals surface area contributed by atoms with Crippen molar-refractivity contribution in [3.05, 3.63) is 64.2 Å². The first kappa shape index (κ1) is 18.2. The number of aliphatic hydroxyl groups is 1.